The minimum Gasteiger partial charge on any atom is -0.241 e. The van der Waals surface area contributed by atoms with Crippen LogP contribution in [0.5, 0.6) is 0 Å². The van der Waals surface area contributed by atoms with Crippen molar-refractivity contribution in [3.63, 3.8) is 0 Å². The van der Waals surface area contributed by atoms with Gasteiger partial charge < -0.3 is 0 Å². The molecule has 2 heterocycles. The highest BCUT2D eigenvalue weighted by molar-refractivity contribution is 5.61. The topological polar surface area (TPSA) is 43.1 Å². The van der Waals surface area contributed by atoms with E-state index < -0.39 is 11.6 Å². The van der Waals surface area contributed by atoms with Gasteiger partial charge >= 0.3 is 0 Å². The van der Waals surface area contributed by atoms with Crippen molar-refractivity contribution in [3.8, 4) is 11.4 Å². The molecular weight excluding hydrogens is 262 g/mol. The summed E-state index contributed by atoms with van der Waals surface area (Å²) >= 11 is 0. The Hall–Kier alpha value is -2.37. The molecule has 0 atom stereocenters. The zero-order valence-corrected chi connectivity index (χ0v) is 10.5. The predicted octanol–water partition coefficient (Wildman–Crippen LogP) is 2.56. The second-order valence-corrected chi connectivity index (χ2v) is 4.85. The Kier molecular flexibility index (Phi) is 2.33. The van der Waals surface area contributed by atoms with Gasteiger partial charge in [-0.25, -0.2) is 23.3 Å². The second-order valence-electron chi connectivity index (χ2n) is 4.85. The fraction of sp³-hybridized carbons (Fsp3) is 0.214. The van der Waals surface area contributed by atoms with Gasteiger partial charge in [-0.1, -0.05) is 0 Å². The summed E-state index contributed by atoms with van der Waals surface area (Å²) in [7, 11) is 0. The Labute approximate surface area is 113 Å². The molecule has 3 aromatic rings. The van der Waals surface area contributed by atoms with Crippen LogP contribution in [0, 0.1) is 11.6 Å². The van der Waals surface area contributed by atoms with Crippen LogP contribution >= 0.6 is 0 Å². The van der Waals surface area contributed by atoms with Crippen LogP contribution in [0.25, 0.3) is 17.0 Å². The molecule has 0 amide bonds. The first kappa shape index (κ1) is 11.5. The summed E-state index contributed by atoms with van der Waals surface area (Å²) in [5.74, 6) is -0.861. The van der Waals surface area contributed by atoms with Crippen molar-refractivity contribution in [2.75, 3.05) is 0 Å². The molecule has 0 spiro atoms. The molecule has 0 aliphatic heterocycles. The molecule has 0 saturated heterocycles. The lowest BCUT2D eigenvalue weighted by atomic mass is 10.2. The van der Waals surface area contributed by atoms with Crippen molar-refractivity contribution in [3.05, 3.63) is 47.4 Å². The second kappa shape index (κ2) is 4.06. The van der Waals surface area contributed by atoms with Gasteiger partial charge in [0.05, 0.1) is 5.56 Å². The van der Waals surface area contributed by atoms with E-state index in [1.807, 2.05) is 0 Å². The summed E-state index contributed by atoms with van der Waals surface area (Å²) in [6.45, 7) is 0. The number of halogens is 2. The maximum absolute atomic E-state index is 13.8. The third-order valence-corrected chi connectivity index (χ3v) is 3.58. The summed E-state index contributed by atoms with van der Waals surface area (Å²) in [5.41, 5.74) is 2.84. The Morgan fingerprint density at radius 3 is 2.95 bits per heavy atom. The highest BCUT2D eigenvalue weighted by atomic mass is 19.1. The molecule has 1 aliphatic carbocycles. The third-order valence-electron chi connectivity index (χ3n) is 3.58. The van der Waals surface area contributed by atoms with E-state index in [2.05, 4.69) is 15.1 Å². The highest BCUT2D eigenvalue weighted by Crippen LogP contribution is 2.26. The first-order valence-corrected chi connectivity index (χ1v) is 6.41. The van der Waals surface area contributed by atoms with Crippen molar-refractivity contribution < 1.29 is 8.78 Å². The molecule has 4 nitrogen and oxygen atoms in total. The molecule has 20 heavy (non-hydrogen) atoms. The summed E-state index contributed by atoms with van der Waals surface area (Å²) < 4.78 is 28.6. The molecule has 2 aromatic heterocycles. The molecule has 1 aromatic carbocycles. The summed E-state index contributed by atoms with van der Waals surface area (Å²) in [5, 5.41) is 4.20. The highest BCUT2D eigenvalue weighted by Gasteiger charge is 2.20. The van der Waals surface area contributed by atoms with E-state index in [1.165, 1.54) is 4.52 Å². The van der Waals surface area contributed by atoms with Crippen LogP contribution in [0.15, 0.2) is 24.5 Å². The zero-order chi connectivity index (χ0) is 13.7. The smallest absolute Gasteiger partial charge is 0.185 e. The standard InChI is InChI=1S/C14H10F2N4/c15-8-4-5-11(16)10(6-8)13-18-14-9-2-1-3-12(9)17-7-20(14)19-13/h4-7H,1-3H2. The van der Waals surface area contributed by atoms with Crippen molar-refractivity contribution >= 4 is 5.65 Å². The van der Waals surface area contributed by atoms with Crippen LogP contribution in [0.4, 0.5) is 8.78 Å². The molecule has 0 saturated carbocycles. The quantitative estimate of drug-likeness (QED) is 0.683. The number of fused-ring (bicyclic) bond motifs is 3. The molecule has 0 fully saturated rings. The monoisotopic (exact) mass is 272 g/mol. The van der Waals surface area contributed by atoms with Crippen molar-refractivity contribution in [2.45, 2.75) is 19.3 Å². The average molecular weight is 272 g/mol. The van der Waals surface area contributed by atoms with Gasteiger partial charge in [-0.3, -0.25) is 0 Å². The van der Waals surface area contributed by atoms with Gasteiger partial charge in [-0.05, 0) is 37.5 Å². The van der Waals surface area contributed by atoms with E-state index in [4.69, 9.17) is 0 Å². The van der Waals surface area contributed by atoms with Gasteiger partial charge in [0.2, 0.25) is 0 Å². The van der Waals surface area contributed by atoms with E-state index in [1.54, 1.807) is 6.33 Å². The fourth-order valence-electron chi connectivity index (χ4n) is 2.63. The Balaban J connectivity index is 1.95. The molecule has 100 valence electrons. The van der Waals surface area contributed by atoms with Gasteiger partial charge in [0.1, 0.15) is 18.0 Å². The van der Waals surface area contributed by atoms with Crippen molar-refractivity contribution in [1.82, 2.24) is 19.6 Å². The zero-order valence-electron chi connectivity index (χ0n) is 10.5. The predicted molar refractivity (Wildman–Crippen MR) is 68.2 cm³/mol. The molecule has 4 rings (SSSR count). The Morgan fingerprint density at radius 2 is 2.05 bits per heavy atom. The van der Waals surface area contributed by atoms with E-state index in [-0.39, 0.29) is 11.4 Å². The molecule has 6 heteroatoms. The SMILES string of the molecule is Fc1ccc(F)c(-c2nc3c4c(ncn3n2)CCC4)c1. The number of nitrogens with zero attached hydrogens (tertiary/aromatic N) is 4. The molecule has 0 radical (unpaired) electrons. The summed E-state index contributed by atoms with van der Waals surface area (Å²) in [6, 6.07) is 3.27. The lowest BCUT2D eigenvalue weighted by molar-refractivity contribution is 0.602. The lowest BCUT2D eigenvalue weighted by Crippen LogP contribution is -1.96. The molecule has 1 aliphatic rings. The number of hydrogen-bond donors (Lipinski definition) is 0. The van der Waals surface area contributed by atoms with Gasteiger partial charge in [0, 0.05) is 11.3 Å². The van der Waals surface area contributed by atoms with Crippen LogP contribution in [0.1, 0.15) is 17.7 Å². The first-order valence-electron chi connectivity index (χ1n) is 6.41. The van der Waals surface area contributed by atoms with Crippen LogP contribution in [-0.4, -0.2) is 19.6 Å². The number of aryl methyl sites for hydroxylation is 2. The summed E-state index contributed by atoms with van der Waals surface area (Å²) in [4.78, 5) is 8.69. The van der Waals surface area contributed by atoms with Crippen LogP contribution < -0.4 is 0 Å². The van der Waals surface area contributed by atoms with Crippen LogP contribution in [0.3, 0.4) is 0 Å². The maximum Gasteiger partial charge on any atom is 0.185 e. The number of hydrogen-bond acceptors (Lipinski definition) is 3. The van der Waals surface area contributed by atoms with Gasteiger partial charge in [-0.15, -0.1) is 5.10 Å². The minimum absolute atomic E-state index is 0.0699. The largest absolute Gasteiger partial charge is 0.241 e. The molecule has 0 N–H and O–H groups in total. The Bertz CT molecular complexity index is 825. The molecule has 0 bridgehead atoms. The van der Waals surface area contributed by atoms with Gasteiger partial charge in [0.25, 0.3) is 0 Å². The van der Waals surface area contributed by atoms with E-state index in [0.29, 0.717) is 5.65 Å². The number of aromatic nitrogens is 4. The maximum atomic E-state index is 13.8. The first-order chi connectivity index (χ1) is 9.72. The van der Waals surface area contributed by atoms with Crippen molar-refractivity contribution in [2.24, 2.45) is 0 Å². The number of benzene rings is 1. The normalized spacial score (nSPS) is 13.9. The number of rotatable bonds is 1. The van der Waals surface area contributed by atoms with Gasteiger partial charge in [-0.2, -0.15) is 0 Å². The van der Waals surface area contributed by atoms with E-state index in [0.717, 1.165) is 48.7 Å². The van der Waals surface area contributed by atoms with E-state index in [9.17, 15) is 8.78 Å². The average Bonchev–Trinajstić information content (AvgIpc) is 3.05. The van der Waals surface area contributed by atoms with Gasteiger partial charge in [0.15, 0.2) is 11.5 Å². The Morgan fingerprint density at radius 1 is 1.15 bits per heavy atom. The van der Waals surface area contributed by atoms with E-state index >= 15 is 0 Å². The molecular formula is C14H10F2N4. The lowest BCUT2D eigenvalue weighted by Gasteiger charge is -1.97. The van der Waals surface area contributed by atoms with Crippen LogP contribution in [0.2, 0.25) is 0 Å². The van der Waals surface area contributed by atoms with Crippen LogP contribution in [-0.2, 0) is 12.8 Å². The molecule has 0 unspecified atom stereocenters. The summed E-state index contributed by atoms with van der Waals surface area (Å²) in [6.07, 6.45) is 4.45. The minimum atomic E-state index is -0.535. The fourth-order valence-corrected chi connectivity index (χ4v) is 2.63. The third kappa shape index (κ3) is 1.61. The van der Waals surface area contributed by atoms with Crippen molar-refractivity contribution in [1.29, 1.82) is 0 Å².